The molecule has 0 bridgehead atoms. The van der Waals surface area contributed by atoms with Crippen molar-refractivity contribution >= 4 is 23.4 Å². The predicted molar refractivity (Wildman–Crippen MR) is 136 cm³/mol. The number of nitrogens with zero attached hydrogens (tertiary/aromatic N) is 5. The fourth-order valence-electron chi connectivity index (χ4n) is 4.11. The molecule has 1 fully saturated rings. The highest BCUT2D eigenvalue weighted by molar-refractivity contribution is 6.30. The number of methoxy groups -OCH3 is 2. The van der Waals surface area contributed by atoms with Gasteiger partial charge in [-0.05, 0) is 29.8 Å². The number of carbonyl (C=O) groups is 2. The molecule has 11 nitrogen and oxygen atoms in total. The van der Waals surface area contributed by atoms with Gasteiger partial charge in [0.25, 0.3) is 11.5 Å². The van der Waals surface area contributed by atoms with Crippen LogP contribution in [0.1, 0.15) is 23.0 Å². The standard InChI is InChI=1S/C25H26ClN5O6/c1-16(32)28-9-11-29(12-10-28)23(33)22-24(34)30(15-17-5-4-6-18(26)13-17)25(35)31(27-22)19-7-8-20(36-2)21(14-19)37-3/h4-8,13-14H,9-12,15H2,1-3H3. The molecule has 0 atom stereocenters. The second-order valence-corrected chi connectivity index (χ2v) is 8.84. The second-order valence-electron chi connectivity index (χ2n) is 8.40. The zero-order chi connectivity index (χ0) is 26.7. The van der Waals surface area contributed by atoms with Gasteiger partial charge >= 0.3 is 5.69 Å². The molecule has 0 aliphatic carbocycles. The summed E-state index contributed by atoms with van der Waals surface area (Å²) in [6, 6.07) is 11.4. The van der Waals surface area contributed by atoms with Gasteiger partial charge in [0.05, 0.1) is 26.5 Å². The van der Waals surface area contributed by atoms with Gasteiger partial charge in [-0.25, -0.2) is 4.79 Å². The third kappa shape index (κ3) is 5.36. The third-order valence-corrected chi connectivity index (χ3v) is 6.35. The molecule has 194 valence electrons. The van der Waals surface area contributed by atoms with E-state index in [1.807, 2.05) is 0 Å². The molecule has 2 amide bonds. The first-order valence-corrected chi connectivity index (χ1v) is 11.9. The third-order valence-electron chi connectivity index (χ3n) is 6.12. The van der Waals surface area contributed by atoms with E-state index in [9.17, 15) is 19.2 Å². The first kappa shape index (κ1) is 26.0. The van der Waals surface area contributed by atoms with Gasteiger partial charge < -0.3 is 19.3 Å². The molecule has 1 saturated heterocycles. The summed E-state index contributed by atoms with van der Waals surface area (Å²) >= 11 is 6.10. The average Bonchev–Trinajstić information content (AvgIpc) is 2.90. The minimum atomic E-state index is -0.819. The largest absolute Gasteiger partial charge is 0.493 e. The zero-order valence-corrected chi connectivity index (χ0v) is 21.4. The zero-order valence-electron chi connectivity index (χ0n) is 20.6. The number of benzene rings is 2. The lowest BCUT2D eigenvalue weighted by Gasteiger charge is -2.33. The molecule has 1 aromatic heterocycles. The summed E-state index contributed by atoms with van der Waals surface area (Å²) in [5.74, 6) is 0.0686. The van der Waals surface area contributed by atoms with Crippen molar-refractivity contribution in [2.45, 2.75) is 13.5 Å². The molecule has 1 aliphatic heterocycles. The van der Waals surface area contributed by atoms with Crippen LogP contribution in [0.15, 0.2) is 52.1 Å². The predicted octanol–water partition coefficient (Wildman–Crippen LogP) is 1.42. The van der Waals surface area contributed by atoms with Crippen LogP contribution >= 0.6 is 11.6 Å². The van der Waals surface area contributed by atoms with Crippen molar-refractivity contribution in [1.82, 2.24) is 24.1 Å². The summed E-state index contributed by atoms with van der Waals surface area (Å²) < 4.78 is 12.6. The molecule has 4 rings (SSSR count). The number of ether oxygens (including phenoxy) is 2. The number of rotatable bonds is 6. The van der Waals surface area contributed by atoms with Gasteiger partial charge in [0.15, 0.2) is 11.5 Å². The lowest BCUT2D eigenvalue weighted by molar-refractivity contribution is -0.130. The highest BCUT2D eigenvalue weighted by Crippen LogP contribution is 2.28. The van der Waals surface area contributed by atoms with Crippen LogP contribution in [-0.4, -0.2) is 76.4 Å². The van der Waals surface area contributed by atoms with Crippen LogP contribution in [0.5, 0.6) is 11.5 Å². The van der Waals surface area contributed by atoms with Crippen LogP contribution in [0, 0.1) is 0 Å². The lowest BCUT2D eigenvalue weighted by Crippen LogP contribution is -2.52. The smallest absolute Gasteiger partial charge is 0.352 e. The maximum Gasteiger partial charge on any atom is 0.352 e. The number of amides is 2. The van der Waals surface area contributed by atoms with Crippen molar-refractivity contribution in [3.63, 3.8) is 0 Å². The van der Waals surface area contributed by atoms with Crippen molar-refractivity contribution < 1.29 is 19.1 Å². The Hall–Kier alpha value is -4.12. The average molecular weight is 528 g/mol. The highest BCUT2D eigenvalue weighted by Gasteiger charge is 2.28. The lowest BCUT2D eigenvalue weighted by atomic mass is 10.2. The van der Waals surface area contributed by atoms with Crippen LogP contribution in [0.25, 0.3) is 5.69 Å². The summed E-state index contributed by atoms with van der Waals surface area (Å²) in [6.45, 7) is 2.51. The first-order valence-electron chi connectivity index (χ1n) is 11.5. The van der Waals surface area contributed by atoms with E-state index in [4.69, 9.17) is 21.1 Å². The molecule has 0 spiro atoms. The maximum atomic E-state index is 13.5. The molecular weight excluding hydrogens is 502 g/mol. The topological polar surface area (TPSA) is 116 Å². The van der Waals surface area contributed by atoms with Gasteiger partial charge in [-0.2, -0.15) is 9.78 Å². The Morgan fingerprint density at radius 1 is 0.946 bits per heavy atom. The molecule has 0 saturated carbocycles. The summed E-state index contributed by atoms with van der Waals surface area (Å²) in [5.41, 5.74) is -1.09. The number of carbonyl (C=O) groups excluding carboxylic acids is 2. The van der Waals surface area contributed by atoms with Gasteiger partial charge in [0.2, 0.25) is 11.6 Å². The van der Waals surface area contributed by atoms with Gasteiger partial charge in [-0.1, -0.05) is 23.7 Å². The monoisotopic (exact) mass is 527 g/mol. The number of halogens is 1. The van der Waals surface area contributed by atoms with E-state index in [-0.39, 0.29) is 31.2 Å². The summed E-state index contributed by atoms with van der Waals surface area (Å²) in [5, 5.41) is 4.64. The summed E-state index contributed by atoms with van der Waals surface area (Å²) in [6.07, 6.45) is 0. The minimum absolute atomic E-state index is 0.0869. The van der Waals surface area contributed by atoms with E-state index < -0.39 is 22.9 Å². The van der Waals surface area contributed by atoms with E-state index in [2.05, 4.69) is 5.10 Å². The molecule has 12 heteroatoms. The Morgan fingerprint density at radius 2 is 1.62 bits per heavy atom. The Balaban J connectivity index is 1.83. The van der Waals surface area contributed by atoms with Gasteiger partial charge in [0.1, 0.15) is 0 Å². The van der Waals surface area contributed by atoms with Crippen LogP contribution in [0.3, 0.4) is 0 Å². The molecular formula is C25H26ClN5O6. The summed E-state index contributed by atoms with van der Waals surface area (Å²) in [7, 11) is 2.93. The number of hydrogen-bond donors (Lipinski definition) is 0. The number of aromatic nitrogens is 3. The molecule has 3 aromatic rings. The van der Waals surface area contributed by atoms with Crippen LogP contribution in [0.4, 0.5) is 0 Å². The molecule has 37 heavy (non-hydrogen) atoms. The molecule has 0 N–H and O–H groups in total. The SMILES string of the molecule is COc1ccc(-n2nc(C(=O)N3CCN(C(C)=O)CC3)c(=O)n(Cc3cccc(Cl)c3)c2=O)cc1OC. The Morgan fingerprint density at radius 3 is 2.24 bits per heavy atom. The Bertz CT molecular complexity index is 1460. The fraction of sp³-hybridized carbons (Fsp3) is 0.320. The van der Waals surface area contributed by atoms with E-state index >= 15 is 0 Å². The quantitative estimate of drug-likeness (QED) is 0.476. The molecule has 2 aromatic carbocycles. The van der Waals surface area contributed by atoms with E-state index in [0.29, 0.717) is 35.2 Å². The van der Waals surface area contributed by atoms with E-state index in [1.54, 1.807) is 41.3 Å². The van der Waals surface area contributed by atoms with Gasteiger partial charge in [0, 0.05) is 44.2 Å². The molecule has 0 unspecified atom stereocenters. The minimum Gasteiger partial charge on any atom is -0.493 e. The van der Waals surface area contributed by atoms with Gasteiger partial charge in [-0.3, -0.25) is 19.0 Å². The highest BCUT2D eigenvalue weighted by atomic mass is 35.5. The van der Waals surface area contributed by atoms with Crippen molar-refractivity contribution in [3.05, 3.63) is 79.6 Å². The molecule has 1 aliphatic rings. The maximum absolute atomic E-state index is 13.5. The van der Waals surface area contributed by atoms with Crippen LogP contribution < -0.4 is 20.7 Å². The van der Waals surface area contributed by atoms with Crippen molar-refractivity contribution in [2.24, 2.45) is 0 Å². The summed E-state index contributed by atoms with van der Waals surface area (Å²) in [4.78, 5) is 55.1. The normalized spacial score (nSPS) is 13.4. The Labute approximate surface area is 217 Å². The van der Waals surface area contributed by atoms with Crippen LogP contribution in [-0.2, 0) is 11.3 Å². The second kappa shape index (κ2) is 10.9. The number of hydrogen-bond acceptors (Lipinski definition) is 7. The van der Waals surface area contributed by atoms with Gasteiger partial charge in [-0.15, -0.1) is 0 Å². The first-order chi connectivity index (χ1) is 17.7. The fourth-order valence-corrected chi connectivity index (χ4v) is 4.32. The molecule has 2 heterocycles. The number of piperazine rings is 1. The van der Waals surface area contributed by atoms with Crippen molar-refractivity contribution in [2.75, 3.05) is 40.4 Å². The van der Waals surface area contributed by atoms with Crippen molar-refractivity contribution in [1.29, 1.82) is 0 Å². The van der Waals surface area contributed by atoms with E-state index in [0.717, 1.165) is 9.25 Å². The Kier molecular flexibility index (Phi) is 7.63. The van der Waals surface area contributed by atoms with Crippen LogP contribution in [0.2, 0.25) is 5.02 Å². The molecule has 0 radical (unpaired) electrons. The van der Waals surface area contributed by atoms with E-state index in [1.165, 1.54) is 32.1 Å². The van der Waals surface area contributed by atoms with Crippen molar-refractivity contribution in [3.8, 4) is 17.2 Å².